The summed E-state index contributed by atoms with van der Waals surface area (Å²) in [6.07, 6.45) is 2.91. The smallest absolute Gasteiger partial charge is 0.243 e. The maximum Gasteiger partial charge on any atom is 0.243 e. The van der Waals surface area contributed by atoms with Crippen LogP contribution < -0.4 is 10.1 Å². The Balaban J connectivity index is 1.37. The Morgan fingerprint density at radius 1 is 1.22 bits per heavy atom. The molecule has 170 valence electrons. The Morgan fingerprint density at radius 2 is 1.94 bits per heavy atom. The van der Waals surface area contributed by atoms with Gasteiger partial charge in [0.15, 0.2) is 5.13 Å². The zero-order valence-electron chi connectivity index (χ0n) is 17.9. The number of carbonyl (C=O) groups is 1. The molecule has 1 aliphatic heterocycles. The van der Waals surface area contributed by atoms with Gasteiger partial charge in [-0.05, 0) is 68.5 Å². The first-order chi connectivity index (χ1) is 15.4. The van der Waals surface area contributed by atoms with E-state index < -0.39 is 10.0 Å². The van der Waals surface area contributed by atoms with Crippen LogP contribution in [0.2, 0.25) is 0 Å². The summed E-state index contributed by atoms with van der Waals surface area (Å²) in [6.45, 7) is 3.16. The van der Waals surface area contributed by atoms with E-state index >= 15 is 0 Å². The highest BCUT2D eigenvalue weighted by atomic mass is 32.2. The lowest BCUT2D eigenvalue weighted by Gasteiger charge is -2.30. The molecule has 32 heavy (non-hydrogen) atoms. The van der Waals surface area contributed by atoms with Crippen molar-refractivity contribution >= 4 is 54.4 Å². The van der Waals surface area contributed by atoms with Gasteiger partial charge in [0.2, 0.25) is 15.9 Å². The highest BCUT2D eigenvalue weighted by molar-refractivity contribution is 7.98. The van der Waals surface area contributed by atoms with Gasteiger partial charge in [0, 0.05) is 23.9 Å². The van der Waals surface area contributed by atoms with Crippen LogP contribution >= 0.6 is 23.1 Å². The molecule has 3 aromatic rings. The minimum absolute atomic E-state index is 0.115. The van der Waals surface area contributed by atoms with Gasteiger partial charge in [-0.25, -0.2) is 13.4 Å². The van der Waals surface area contributed by atoms with Crippen molar-refractivity contribution in [1.29, 1.82) is 0 Å². The van der Waals surface area contributed by atoms with Gasteiger partial charge in [0.05, 0.1) is 21.7 Å². The molecule has 1 aromatic heterocycles. The number of sulfonamides is 1. The van der Waals surface area contributed by atoms with Crippen LogP contribution in [0.25, 0.3) is 10.2 Å². The fraction of sp³-hybridized carbons (Fsp3) is 0.364. The standard InChI is InChI=1S/C22H25N3O4S3/c1-3-29-16-4-9-19-20(14-16)31-22(23-19)24-21(26)15-10-12-25(13-11-15)32(27,28)18-7-5-17(30-2)6-8-18/h4-9,14-15H,3,10-13H2,1-2H3,(H,23,24,26). The Kier molecular flexibility index (Phi) is 7.04. The van der Waals surface area contributed by atoms with Crippen molar-refractivity contribution in [3.63, 3.8) is 0 Å². The Morgan fingerprint density at radius 3 is 2.59 bits per heavy atom. The molecule has 1 amide bonds. The van der Waals surface area contributed by atoms with Gasteiger partial charge in [-0.1, -0.05) is 11.3 Å². The van der Waals surface area contributed by atoms with Crippen LogP contribution in [0.4, 0.5) is 5.13 Å². The largest absolute Gasteiger partial charge is 0.494 e. The molecular formula is C22H25N3O4S3. The van der Waals surface area contributed by atoms with E-state index in [4.69, 9.17) is 4.74 Å². The van der Waals surface area contributed by atoms with Crippen molar-refractivity contribution in [3.05, 3.63) is 42.5 Å². The third kappa shape index (κ3) is 4.93. The van der Waals surface area contributed by atoms with Gasteiger partial charge in [0.1, 0.15) is 5.75 Å². The topological polar surface area (TPSA) is 88.6 Å². The molecule has 4 rings (SSSR count). The Bertz CT molecular complexity index is 1200. The SMILES string of the molecule is CCOc1ccc2nc(NC(=O)C3CCN(S(=O)(=O)c4ccc(SC)cc4)CC3)sc2c1. The van der Waals surface area contributed by atoms with Crippen LogP contribution in [-0.4, -0.2) is 49.6 Å². The minimum Gasteiger partial charge on any atom is -0.494 e. The number of hydrogen-bond acceptors (Lipinski definition) is 7. The van der Waals surface area contributed by atoms with E-state index in [1.807, 2.05) is 43.5 Å². The van der Waals surface area contributed by atoms with Crippen LogP contribution in [0.15, 0.2) is 52.3 Å². The summed E-state index contributed by atoms with van der Waals surface area (Å²) >= 11 is 2.97. The lowest BCUT2D eigenvalue weighted by atomic mass is 9.97. The quantitative estimate of drug-likeness (QED) is 0.491. The van der Waals surface area contributed by atoms with Crippen molar-refractivity contribution in [2.45, 2.75) is 29.6 Å². The van der Waals surface area contributed by atoms with Crippen LogP contribution in [0.5, 0.6) is 5.75 Å². The molecule has 0 aliphatic carbocycles. The number of amides is 1. The predicted octanol–water partition coefficient (Wildman–Crippen LogP) is 4.46. The number of hydrogen-bond donors (Lipinski definition) is 1. The van der Waals surface area contributed by atoms with E-state index in [1.165, 1.54) is 15.6 Å². The number of thiazole rings is 1. The van der Waals surface area contributed by atoms with Gasteiger partial charge >= 0.3 is 0 Å². The number of nitrogens with zero attached hydrogens (tertiary/aromatic N) is 2. The molecule has 1 fully saturated rings. The van der Waals surface area contributed by atoms with Crippen LogP contribution in [0, 0.1) is 5.92 Å². The molecule has 2 heterocycles. The molecule has 0 unspecified atom stereocenters. The van der Waals surface area contributed by atoms with Crippen LogP contribution in [-0.2, 0) is 14.8 Å². The molecule has 2 aromatic carbocycles. The zero-order valence-corrected chi connectivity index (χ0v) is 20.4. The van der Waals surface area contributed by atoms with Gasteiger partial charge in [0.25, 0.3) is 0 Å². The summed E-state index contributed by atoms with van der Waals surface area (Å²) < 4.78 is 33.8. The number of piperidine rings is 1. The van der Waals surface area contributed by atoms with Crippen molar-refractivity contribution < 1.29 is 17.9 Å². The molecule has 0 bridgehead atoms. The van der Waals surface area contributed by atoms with E-state index in [-0.39, 0.29) is 11.8 Å². The first-order valence-corrected chi connectivity index (χ1v) is 13.9. The van der Waals surface area contributed by atoms with E-state index in [2.05, 4.69) is 10.3 Å². The van der Waals surface area contributed by atoms with Gasteiger partial charge < -0.3 is 10.1 Å². The number of nitrogens with one attached hydrogen (secondary N) is 1. The molecular weight excluding hydrogens is 466 g/mol. The van der Waals surface area contributed by atoms with Crippen molar-refractivity contribution in [2.75, 3.05) is 31.3 Å². The first-order valence-electron chi connectivity index (χ1n) is 10.4. The molecule has 1 N–H and O–H groups in total. The molecule has 7 nitrogen and oxygen atoms in total. The monoisotopic (exact) mass is 491 g/mol. The second-order valence-electron chi connectivity index (χ2n) is 7.42. The van der Waals surface area contributed by atoms with Crippen molar-refractivity contribution in [2.24, 2.45) is 5.92 Å². The Labute approximate surface area is 196 Å². The number of rotatable bonds is 7. The average Bonchev–Trinajstić information content (AvgIpc) is 3.21. The molecule has 0 saturated carbocycles. The number of thioether (sulfide) groups is 1. The number of carbonyl (C=O) groups excluding carboxylic acids is 1. The number of aromatic nitrogens is 1. The summed E-state index contributed by atoms with van der Waals surface area (Å²) in [4.78, 5) is 18.6. The van der Waals surface area contributed by atoms with E-state index in [0.717, 1.165) is 20.9 Å². The molecule has 0 spiro atoms. The van der Waals surface area contributed by atoms with Crippen LogP contribution in [0.1, 0.15) is 19.8 Å². The lowest BCUT2D eigenvalue weighted by molar-refractivity contribution is -0.120. The van der Waals surface area contributed by atoms with Crippen molar-refractivity contribution in [3.8, 4) is 5.75 Å². The van der Waals surface area contributed by atoms with E-state index in [0.29, 0.717) is 42.6 Å². The highest BCUT2D eigenvalue weighted by Gasteiger charge is 2.32. The van der Waals surface area contributed by atoms with E-state index in [9.17, 15) is 13.2 Å². The molecule has 10 heteroatoms. The third-order valence-electron chi connectivity index (χ3n) is 5.42. The fourth-order valence-electron chi connectivity index (χ4n) is 3.68. The maximum absolute atomic E-state index is 12.9. The van der Waals surface area contributed by atoms with Gasteiger partial charge in [-0.3, -0.25) is 4.79 Å². The summed E-state index contributed by atoms with van der Waals surface area (Å²) in [5.41, 5.74) is 0.808. The first kappa shape index (κ1) is 23.0. The summed E-state index contributed by atoms with van der Waals surface area (Å²) in [6, 6.07) is 12.6. The second-order valence-corrected chi connectivity index (χ2v) is 11.3. The number of benzene rings is 2. The van der Waals surface area contributed by atoms with Crippen LogP contribution in [0.3, 0.4) is 0 Å². The maximum atomic E-state index is 12.9. The Hall–Kier alpha value is -2.14. The van der Waals surface area contributed by atoms with Gasteiger partial charge in [-0.15, -0.1) is 11.8 Å². The fourth-order valence-corrected chi connectivity index (χ4v) is 6.45. The average molecular weight is 492 g/mol. The second kappa shape index (κ2) is 9.78. The molecule has 1 aliphatic rings. The normalized spacial score (nSPS) is 15.7. The zero-order chi connectivity index (χ0) is 22.7. The van der Waals surface area contributed by atoms with E-state index in [1.54, 1.807) is 23.9 Å². The van der Waals surface area contributed by atoms with Gasteiger partial charge in [-0.2, -0.15) is 4.31 Å². The molecule has 0 atom stereocenters. The third-order valence-corrected chi connectivity index (χ3v) is 9.01. The lowest BCUT2D eigenvalue weighted by Crippen LogP contribution is -2.41. The minimum atomic E-state index is -3.55. The highest BCUT2D eigenvalue weighted by Crippen LogP contribution is 2.31. The predicted molar refractivity (Wildman–Crippen MR) is 129 cm³/mol. The number of ether oxygens (including phenoxy) is 1. The number of fused-ring (bicyclic) bond motifs is 1. The number of anilines is 1. The summed E-state index contributed by atoms with van der Waals surface area (Å²) in [5.74, 6) is 0.417. The summed E-state index contributed by atoms with van der Waals surface area (Å²) in [7, 11) is -3.55. The summed E-state index contributed by atoms with van der Waals surface area (Å²) in [5, 5.41) is 3.45. The molecule has 1 saturated heterocycles. The van der Waals surface area contributed by atoms with Crippen molar-refractivity contribution in [1.82, 2.24) is 9.29 Å². The molecule has 0 radical (unpaired) electrons.